The summed E-state index contributed by atoms with van der Waals surface area (Å²) in [6.07, 6.45) is 19.6. The Morgan fingerprint density at radius 1 is 0.500 bits per heavy atom. The summed E-state index contributed by atoms with van der Waals surface area (Å²) < 4.78 is 0. The Bertz CT molecular complexity index is 361. The molecule has 8 aliphatic rings. The van der Waals surface area contributed by atoms with Crippen LogP contribution in [-0.2, 0) is 0 Å². The third-order valence-corrected chi connectivity index (χ3v) is 9.68. The molecule has 22 heavy (non-hydrogen) atoms. The highest BCUT2D eigenvalue weighted by atomic mass is 14.5. The highest BCUT2D eigenvalue weighted by Crippen LogP contribution is 2.60. The Balaban J connectivity index is 1.14. The van der Waals surface area contributed by atoms with E-state index in [9.17, 15) is 0 Å². The van der Waals surface area contributed by atoms with E-state index in [1.807, 2.05) is 0 Å². The lowest BCUT2D eigenvalue weighted by Crippen LogP contribution is -2.49. The first-order valence-corrected chi connectivity index (χ1v) is 10.8. The minimum atomic E-state index is 1.17. The van der Waals surface area contributed by atoms with Crippen molar-refractivity contribution in [2.24, 2.45) is 35.5 Å². The van der Waals surface area contributed by atoms with Gasteiger partial charge in [-0.05, 0) is 74.0 Å². The van der Waals surface area contributed by atoms with Crippen LogP contribution >= 0.6 is 0 Å². The van der Waals surface area contributed by atoms with E-state index in [-0.39, 0.29) is 0 Å². The molecule has 8 atom stereocenters. The fraction of sp³-hybridized carbons (Fsp3) is 1.00. The van der Waals surface area contributed by atoms with Crippen LogP contribution in [0, 0.1) is 35.5 Å². The van der Waals surface area contributed by atoms with Crippen LogP contribution in [-0.4, -0.2) is 13.4 Å². The van der Waals surface area contributed by atoms with Gasteiger partial charge in [0.25, 0.3) is 0 Å². The molecule has 2 aliphatic carbocycles. The molecule has 0 nitrogen and oxygen atoms in total. The van der Waals surface area contributed by atoms with Crippen molar-refractivity contribution in [3.8, 4) is 0 Å². The van der Waals surface area contributed by atoms with Crippen molar-refractivity contribution in [1.29, 1.82) is 0 Å². The maximum atomic E-state index is 1.64. The van der Waals surface area contributed by atoms with Crippen molar-refractivity contribution in [1.82, 2.24) is 0 Å². The Morgan fingerprint density at radius 3 is 1.18 bits per heavy atom. The van der Waals surface area contributed by atoms with Gasteiger partial charge < -0.3 is 0 Å². The summed E-state index contributed by atoms with van der Waals surface area (Å²) in [6.45, 7) is 2.35. The van der Waals surface area contributed by atoms with Gasteiger partial charge in [0.2, 0.25) is 0 Å². The van der Waals surface area contributed by atoms with E-state index in [2.05, 4.69) is 0 Å². The lowest BCUT2D eigenvalue weighted by atomic mass is 9.21. The average molecular weight is 294 g/mol. The molecule has 6 heterocycles. The smallest absolute Gasteiger partial charge is 0.0710 e. The number of rotatable bonds is 3. The highest BCUT2D eigenvalue weighted by molar-refractivity contribution is 6.62. The molecule has 2 saturated carbocycles. The molecule has 8 rings (SSSR count). The standard InChI is InChI=1S/C20H32B2/c1(19-17-5-13-3-14(6-17)10-21(19)9-13)2-20-18-7-15-4-16(8-18)12-22(20)11-15/h13-20H,1-12H2/t13-,14+,15-,16+,17?,18?,19?,20?. The minimum Gasteiger partial charge on any atom is -0.0710 e. The monoisotopic (exact) mass is 294 g/mol. The maximum absolute atomic E-state index is 1.64. The molecule has 0 aromatic rings. The molecule has 4 unspecified atom stereocenters. The topological polar surface area (TPSA) is 0 Å². The third-order valence-electron chi connectivity index (χ3n) is 9.68. The lowest BCUT2D eigenvalue weighted by molar-refractivity contribution is 0.146. The maximum Gasteiger partial charge on any atom is 0.143 e. The van der Waals surface area contributed by atoms with Crippen LogP contribution < -0.4 is 0 Å². The molecule has 8 bridgehead atoms. The second kappa shape index (κ2) is 4.82. The quantitative estimate of drug-likeness (QED) is 0.593. The average Bonchev–Trinajstić information content (AvgIpc) is 2.47. The molecule has 0 amide bonds. The zero-order valence-electron chi connectivity index (χ0n) is 14.3. The van der Waals surface area contributed by atoms with Crippen molar-refractivity contribution in [2.45, 2.75) is 88.3 Å². The van der Waals surface area contributed by atoms with Gasteiger partial charge in [0, 0.05) is 0 Å². The Morgan fingerprint density at radius 2 is 0.864 bits per heavy atom. The van der Waals surface area contributed by atoms with Gasteiger partial charge in [0.05, 0.1) is 0 Å². The molecule has 0 aromatic heterocycles. The summed E-state index contributed by atoms with van der Waals surface area (Å²) in [5.41, 5.74) is 0. The van der Waals surface area contributed by atoms with E-state index in [0.29, 0.717) is 0 Å². The summed E-state index contributed by atoms with van der Waals surface area (Å²) in [5, 5.41) is 0. The SMILES string of the molecule is C(CC1B2C[C@@H]3CC1C[C@H](C2)C3)C1B2C[C@@H]3CC1C[C@H](C2)C3. The van der Waals surface area contributed by atoms with Gasteiger partial charge in [-0.1, -0.05) is 49.8 Å². The molecule has 8 fully saturated rings. The first kappa shape index (κ1) is 13.4. The van der Waals surface area contributed by atoms with Crippen LogP contribution in [0.4, 0.5) is 0 Å². The van der Waals surface area contributed by atoms with E-state index in [1.165, 1.54) is 60.6 Å². The second-order valence-corrected chi connectivity index (χ2v) is 10.8. The molecular formula is C20H32B2. The largest absolute Gasteiger partial charge is 0.143 e. The predicted molar refractivity (Wildman–Crippen MR) is 96.1 cm³/mol. The van der Waals surface area contributed by atoms with Gasteiger partial charge in [-0.2, -0.15) is 0 Å². The third kappa shape index (κ3) is 1.97. The van der Waals surface area contributed by atoms with Crippen LogP contribution in [0.5, 0.6) is 0 Å². The van der Waals surface area contributed by atoms with Gasteiger partial charge in [0.15, 0.2) is 0 Å². The van der Waals surface area contributed by atoms with Crippen molar-refractivity contribution < 1.29 is 0 Å². The Hall–Kier alpha value is 0.130. The molecule has 0 aromatic carbocycles. The van der Waals surface area contributed by atoms with Gasteiger partial charge in [-0.3, -0.25) is 0 Å². The van der Waals surface area contributed by atoms with Gasteiger partial charge in [-0.15, -0.1) is 0 Å². The fourth-order valence-electron chi connectivity index (χ4n) is 9.40. The molecule has 0 spiro atoms. The predicted octanol–water partition coefficient (Wildman–Crippen LogP) is 5.62. The van der Waals surface area contributed by atoms with Crippen molar-refractivity contribution in [3.05, 3.63) is 0 Å². The van der Waals surface area contributed by atoms with Crippen LogP contribution in [0.3, 0.4) is 0 Å². The first-order valence-electron chi connectivity index (χ1n) is 10.8. The van der Waals surface area contributed by atoms with Crippen molar-refractivity contribution >= 4 is 13.4 Å². The number of hydrogen-bond donors (Lipinski definition) is 0. The Labute approximate surface area is 137 Å². The van der Waals surface area contributed by atoms with Crippen LogP contribution in [0.1, 0.15) is 51.4 Å². The minimum absolute atomic E-state index is 1.17. The summed E-state index contributed by atoms with van der Waals surface area (Å²) in [7, 11) is 0. The molecule has 0 N–H and O–H groups in total. The van der Waals surface area contributed by atoms with Crippen LogP contribution in [0.15, 0.2) is 0 Å². The summed E-state index contributed by atoms with van der Waals surface area (Å²) in [5.74, 6) is 9.36. The molecule has 6 aliphatic heterocycles. The molecule has 2 heteroatoms. The first-order chi connectivity index (χ1) is 10.8. The number of hydrogen-bond acceptors (Lipinski definition) is 0. The van der Waals surface area contributed by atoms with Gasteiger partial charge >= 0.3 is 0 Å². The molecule has 6 saturated heterocycles. The second-order valence-electron chi connectivity index (χ2n) is 10.8. The van der Waals surface area contributed by atoms with Gasteiger partial charge in [0.1, 0.15) is 13.4 Å². The van der Waals surface area contributed by atoms with E-state index in [4.69, 9.17) is 0 Å². The van der Waals surface area contributed by atoms with Crippen molar-refractivity contribution in [3.63, 3.8) is 0 Å². The lowest BCUT2D eigenvalue weighted by Gasteiger charge is -2.55. The van der Waals surface area contributed by atoms with E-state index in [1.54, 1.807) is 76.6 Å². The highest BCUT2D eigenvalue weighted by Gasteiger charge is 2.52. The normalized spacial score (nSPS) is 54.5. The van der Waals surface area contributed by atoms with E-state index >= 15 is 0 Å². The van der Waals surface area contributed by atoms with Crippen molar-refractivity contribution in [2.75, 3.05) is 0 Å². The Kier molecular flexibility index (Phi) is 2.94. The van der Waals surface area contributed by atoms with E-state index in [0.717, 1.165) is 0 Å². The van der Waals surface area contributed by atoms with Gasteiger partial charge in [-0.25, -0.2) is 0 Å². The van der Waals surface area contributed by atoms with Crippen LogP contribution in [0.25, 0.3) is 0 Å². The zero-order chi connectivity index (χ0) is 14.3. The molecule has 0 radical (unpaired) electrons. The molecule has 118 valence electrons. The zero-order valence-corrected chi connectivity index (χ0v) is 14.3. The van der Waals surface area contributed by atoms with Crippen LogP contribution in [0.2, 0.25) is 36.9 Å². The fourth-order valence-corrected chi connectivity index (χ4v) is 9.40. The summed E-state index contributed by atoms with van der Waals surface area (Å²) >= 11 is 0. The van der Waals surface area contributed by atoms with E-state index < -0.39 is 0 Å². The molecular weight excluding hydrogens is 262 g/mol. The summed E-state index contributed by atoms with van der Waals surface area (Å²) in [6, 6.07) is 0. The summed E-state index contributed by atoms with van der Waals surface area (Å²) in [4.78, 5) is 0.